The summed E-state index contributed by atoms with van der Waals surface area (Å²) in [7, 11) is 0. The second kappa shape index (κ2) is 7.16. The zero-order chi connectivity index (χ0) is 21.1. The first kappa shape index (κ1) is 20.7. The van der Waals surface area contributed by atoms with E-state index in [1.807, 2.05) is 0 Å². The van der Waals surface area contributed by atoms with Gasteiger partial charge < -0.3 is 5.11 Å². The van der Waals surface area contributed by atoms with Gasteiger partial charge in [0.05, 0.1) is 12.6 Å². The predicted molar refractivity (Wildman–Crippen MR) is 117 cm³/mol. The third-order valence-corrected chi connectivity index (χ3v) is 10.5. The summed E-state index contributed by atoms with van der Waals surface area (Å²) in [4.78, 5) is 11.5. The minimum absolute atomic E-state index is 0.234. The Labute approximate surface area is 180 Å². The van der Waals surface area contributed by atoms with Crippen LogP contribution in [0.3, 0.4) is 0 Å². The maximum Gasteiger partial charge on any atom is 0.126 e. The standard InChI is InChI=1S/C23H39N5O2/c1-21(26-30)10-11-22(2)15(12-21)4-5-16-17-6-7-19(23(17,3)9-8-18(16)22)20(29)13-28-25-14-24-27-28/h14-20,27,29H,4-13H2,1-3H3,(H,24,25)/t15-,16?,17-,18-,19+,20?,21+,22-,23-/m0/s1. The molecule has 7 nitrogen and oxygen atoms in total. The Kier molecular flexibility index (Phi) is 4.93. The lowest BCUT2D eigenvalue weighted by molar-refractivity contribution is -0.128. The normalized spacial score (nSPS) is 51.3. The van der Waals surface area contributed by atoms with E-state index in [2.05, 4.69) is 42.0 Å². The molecule has 4 fully saturated rings. The van der Waals surface area contributed by atoms with Crippen LogP contribution in [0.25, 0.3) is 0 Å². The van der Waals surface area contributed by atoms with Crippen LogP contribution in [0.1, 0.15) is 78.6 Å². The molecule has 0 saturated heterocycles. The number of hydrogen-bond donors (Lipinski definition) is 3. The number of hydrazine groups is 2. The van der Waals surface area contributed by atoms with Crippen LogP contribution in [-0.4, -0.2) is 34.8 Å². The number of aliphatic hydroxyl groups is 1. The summed E-state index contributed by atoms with van der Waals surface area (Å²) in [5.41, 5.74) is 6.18. The van der Waals surface area contributed by atoms with E-state index >= 15 is 0 Å². The molecule has 0 aromatic carbocycles. The highest BCUT2D eigenvalue weighted by molar-refractivity contribution is 5.54. The number of hydrogen-bond acceptors (Lipinski definition) is 7. The summed E-state index contributed by atoms with van der Waals surface area (Å²) in [6.07, 6.45) is 11.8. The Balaban J connectivity index is 1.32. The highest BCUT2D eigenvalue weighted by Crippen LogP contribution is 2.68. The Morgan fingerprint density at radius 3 is 2.63 bits per heavy atom. The van der Waals surface area contributed by atoms with Crippen molar-refractivity contribution in [1.82, 2.24) is 16.1 Å². The molecule has 30 heavy (non-hydrogen) atoms. The van der Waals surface area contributed by atoms with Gasteiger partial charge in [-0.25, -0.2) is 5.53 Å². The molecule has 168 valence electrons. The second-order valence-corrected chi connectivity index (χ2v) is 11.8. The molecule has 0 amide bonds. The van der Waals surface area contributed by atoms with Gasteiger partial charge in [0.15, 0.2) is 0 Å². The van der Waals surface area contributed by atoms with Gasteiger partial charge in [0, 0.05) is 0 Å². The van der Waals surface area contributed by atoms with Crippen LogP contribution in [0.2, 0.25) is 0 Å². The molecule has 0 aromatic rings. The Hall–Kier alpha value is -1.21. The zero-order valence-electron chi connectivity index (χ0n) is 18.8. The average Bonchev–Trinajstić information content (AvgIpc) is 3.35. The molecule has 1 heterocycles. The van der Waals surface area contributed by atoms with E-state index in [0.717, 1.165) is 43.4 Å². The lowest BCUT2D eigenvalue weighted by Gasteiger charge is -2.61. The van der Waals surface area contributed by atoms with Crippen LogP contribution >= 0.6 is 0 Å². The van der Waals surface area contributed by atoms with E-state index in [1.54, 1.807) is 11.5 Å². The third kappa shape index (κ3) is 3.02. The van der Waals surface area contributed by atoms with E-state index in [-0.39, 0.29) is 17.1 Å². The van der Waals surface area contributed by atoms with Gasteiger partial charge in [0.1, 0.15) is 11.9 Å². The lowest BCUT2D eigenvalue weighted by atomic mass is 9.43. The van der Waals surface area contributed by atoms with Gasteiger partial charge >= 0.3 is 0 Å². The van der Waals surface area contributed by atoms with Crippen molar-refractivity contribution in [2.45, 2.75) is 90.2 Å². The van der Waals surface area contributed by atoms with Crippen molar-refractivity contribution in [2.24, 2.45) is 50.7 Å². The van der Waals surface area contributed by atoms with Crippen molar-refractivity contribution in [3.63, 3.8) is 0 Å². The number of hydrazone groups is 1. The number of aliphatic hydroxyl groups excluding tert-OH is 1. The van der Waals surface area contributed by atoms with Crippen molar-refractivity contribution < 1.29 is 5.11 Å². The topological polar surface area (TPSA) is 89.3 Å². The van der Waals surface area contributed by atoms with E-state index in [1.165, 1.54) is 32.1 Å². The minimum Gasteiger partial charge on any atom is -0.391 e. The fourth-order valence-electron chi connectivity index (χ4n) is 8.82. The highest BCUT2D eigenvalue weighted by atomic mass is 16.3. The lowest BCUT2D eigenvalue weighted by Crippen LogP contribution is -2.56. The van der Waals surface area contributed by atoms with Crippen molar-refractivity contribution in [2.75, 3.05) is 6.54 Å². The van der Waals surface area contributed by atoms with Crippen molar-refractivity contribution >= 4 is 6.34 Å². The Morgan fingerprint density at radius 2 is 1.90 bits per heavy atom. The smallest absolute Gasteiger partial charge is 0.126 e. The molecule has 0 radical (unpaired) electrons. The summed E-state index contributed by atoms with van der Waals surface area (Å²) < 4.78 is 0. The molecular weight excluding hydrogens is 378 g/mol. The maximum absolute atomic E-state index is 11.5. The quantitative estimate of drug-likeness (QED) is 0.606. The monoisotopic (exact) mass is 417 g/mol. The predicted octanol–water partition coefficient (Wildman–Crippen LogP) is 3.80. The van der Waals surface area contributed by atoms with Gasteiger partial charge in [-0.2, -0.15) is 10.0 Å². The molecule has 3 N–H and O–H groups in total. The van der Waals surface area contributed by atoms with E-state index in [9.17, 15) is 10.0 Å². The van der Waals surface area contributed by atoms with Crippen LogP contribution in [0.4, 0.5) is 0 Å². The Morgan fingerprint density at radius 1 is 1.10 bits per heavy atom. The molecule has 2 unspecified atom stereocenters. The van der Waals surface area contributed by atoms with Crippen LogP contribution < -0.4 is 11.0 Å². The Bertz CT molecular complexity index is 710. The molecular formula is C23H39N5O2. The molecule has 0 spiro atoms. The van der Waals surface area contributed by atoms with Gasteiger partial charge in [0.25, 0.3) is 0 Å². The highest BCUT2D eigenvalue weighted by Gasteiger charge is 2.61. The molecule has 0 bridgehead atoms. The molecule has 9 atom stereocenters. The summed E-state index contributed by atoms with van der Waals surface area (Å²) in [5.74, 6) is 3.28. The first-order valence-corrected chi connectivity index (χ1v) is 12.1. The first-order chi connectivity index (χ1) is 14.3. The number of nitroso groups, excluding NO2 is 1. The molecule has 7 heteroatoms. The van der Waals surface area contributed by atoms with Gasteiger partial charge in [-0.3, -0.25) is 5.43 Å². The van der Waals surface area contributed by atoms with Crippen molar-refractivity contribution in [3.05, 3.63) is 4.91 Å². The van der Waals surface area contributed by atoms with Crippen molar-refractivity contribution in [1.29, 1.82) is 0 Å². The number of nitrogens with zero attached hydrogens (tertiary/aromatic N) is 3. The van der Waals surface area contributed by atoms with Gasteiger partial charge in [-0.15, -0.1) is 5.12 Å². The molecule has 1 aliphatic heterocycles. The van der Waals surface area contributed by atoms with E-state index in [0.29, 0.717) is 23.8 Å². The zero-order valence-corrected chi connectivity index (χ0v) is 18.8. The van der Waals surface area contributed by atoms with E-state index in [4.69, 9.17) is 0 Å². The van der Waals surface area contributed by atoms with Crippen molar-refractivity contribution in [3.8, 4) is 0 Å². The SMILES string of the molecule is C[C@@]1(N=O)CC[C@@]2(C)[C@@H](CCC3[C@@H]2CC[C@]2(C)[C@@H](C(O)CN4NC=NN4)CC[C@@H]32)C1. The van der Waals surface area contributed by atoms with Crippen LogP contribution in [0, 0.1) is 45.3 Å². The number of β-amino-alcohol motifs (C(OH)–C–C–N with tert-alkyl or cyclic N) is 1. The molecule has 4 saturated carbocycles. The third-order valence-electron chi connectivity index (χ3n) is 10.5. The number of fused-ring (bicyclic) bond motifs is 5. The average molecular weight is 418 g/mol. The molecule has 5 rings (SSSR count). The summed E-state index contributed by atoms with van der Waals surface area (Å²) in [6.45, 7) is 7.63. The summed E-state index contributed by atoms with van der Waals surface area (Å²) >= 11 is 0. The minimum atomic E-state index is -0.348. The number of rotatable bonds is 4. The van der Waals surface area contributed by atoms with Crippen LogP contribution in [0.15, 0.2) is 10.3 Å². The second-order valence-electron chi connectivity index (χ2n) is 11.8. The summed E-state index contributed by atoms with van der Waals surface area (Å²) in [5, 5.41) is 20.4. The fraction of sp³-hybridized carbons (Fsp3) is 0.957. The van der Waals surface area contributed by atoms with Gasteiger partial charge in [-0.05, 0) is 105 Å². The van der Waals surface area contributed by atoms with Crippen LogP contribution in [-0.2, 0) is 0 Å². The fourth-order valence-corrected chi connectivity index (χ4v) is 8.82. The maximum atomic E-state index is 11.5. The molecule has 5 aliphatic rings. The number of nitrogens with one attached hydrogen (secondary N) is 2. The molecule has 0 aromatic heterocycles. The van der Waals surface area contributed by atoms with E-state index < -0.39 is 0 Å². The van der Waals surface area contributed by atoms with Crippen LogP contribution in [0.5, 0.6) is 0 Å². The van der Waals surface area contributed by atoms with Gasteiger partial charge in [0.2, 0.25) is 0 Å². The molecule has 4 aliphatic carbocycles. The van der Waals surface area contributed by atoms with Gasteiger partial charge in [-0.1, -0.05) is 19.0 Å². The summed E-state index contributed by atoms with van der Waals surface area (Å²) in [6, 6.07) is 0. The first-order valence-electron chi connectivity index (χ1n) is 12.1. The largest absolute Gasteiger partial charge is 0.391 e.